The van der Waals surface area contributed by atoms with Crippen molar-refractivity contribution in [3.8, 4) is 22.9 Å². The summed E-state index contributed by atoms with van der Waals surface area (Å²) in [5, 5.41) is 20.5. The molecule has 17 nitrogen and oxygen atoms in total. The fraction of sp³-hybridized carbons (Fsp3) is 0.538. The van der Waals surface area contributed by atoms with Crippen LogP contribution < -0.4 is 26.0 Å². The summed E-state index contributed by atoms with van der Waals surface area (Å²) < 4.78 is 38.0. The van der Waals surface area contributed by atoms with Crippen LogP contribution in [0.1, 0.15) is 77.2 Å². The van der Waals surface area contributed by atoms with Crippen molar-refractivity contribution in [2.45, 2.75) is 77.7 Å². The molecule has 2 aromatic carbocycles. The number of rotatable bonds is 28. The zero-order chi connectivity index (χ0) is 50.5. The first kappa shape index (κ1) is 56.2. The second-order valence-electron chi connectivity index (χ2n) is 17.7. The van der Waals surface area contributed by atoms with Crippen molar-refractivity contribution in [3.63, 3.8) is 0 Å². The average molecular weight is 990 g/mol. The van der Waals surface area contributed by atoms with Gasteiger partial charge in [-0.05, 0) is 129 Å². The van der Waals surface area contributed by atoms with E-state index in [2.05, 4.69) is 47.1 Å². The van der Waals surface area contributed by atoms with E-state index in [1.807, 2.05) is 36.4 Å². The largest absolute Gasteiger partial charge is 0.494 e. The molecule has 2 saturated carbocycles. The lowest BCUT2D eigenvalue weighted by molar-refractivity contribution is -0.139. The third-order valence-corrected chi connectivity index (χ3v) is 13.0. The van der Waals surface area contributed by atoms with E-state index < -0.39 is 36.4 Å². The number of nitrogens with one attached hydrogen (secondary N) is 4. The molecule has 2 aromatic rings. The highest BCUT2D eigenvalue weighted by Crippen LogP contribution is 2.30. The molecule has 4 rings (SSSR count). The summed E-state index contributed by atoms with van der Waals surface area (Å²) >= 11 is 1.56. The molecule has 4 N–H and O–H groups in total. The van der Waals surface area contributed by atoms with E-state index >= 15 is 0 Å². The van der Waals surface area contributed by atoms with Crippen molar-refractivity contribution in [1.82, 2.24) is 21.3 Å². The van der Waals surface area contributed by atoms with Crippen molar-refractivity contribution in [3.05, 3.63) is 90.7 Å². The molecule has 18 heteroatoms. The topological polar surface area (TPSA) is 222 Å². The van der Waals surface area contributed by atoms with Crippen LogP contribution in [0, 0.1) is 35.0 Å². The molecule has 0 saturated heterocycles. The Balaban J connectivity index is 1.18. The average Bonchev–Trinajstić information content (AvgIpc) is 3.36. The van der Waals surface area contributed by atoms with Crippen LogP contribution in [0.3, 0.4) is 0 Å². The van der Waals surface area contributed by atoms with E-state index in [9.17, 15) is 24.0 Å². The molecule has 0 aliphatic heterocycles. The number of carbonyl (C=O) groups is 5. The van der Waals surface area contributed by atoms with Gasteiger partial charge in [0.15, 0.2) is 0 Å². The molecule has 2 fully saturated rings. The fourth-order valence-corrected chi connectivity index (χ4v) is 8.86. The zero-order valence-electron chi connectivity index (χ0n) is 40.7. The molecule has 0 bridgehead atoms. The second kappa shape index (κ2) is 31.7. The number of nitriles is 1. The Morgan fingerprint density at radius 1 is 0.629 bits per heavy atom. The number of hydrogen-bond acceptors (Lipinski definition) is 14. The lowest BCUT2D eigenvalue weighted by atomic mass is 9.81. The number of ether oxygens (including phenoxy) is 7. The minimum absolute atomic E-state index is 0.0603. The van der Waals surface area contributed by atoms with Gasteiger partial charge < -0.3 is 54.4 Å². The molecule has 0 aromatic heterocycles. The number of nitrogens with zero attached hydrogens (tertiary/aromatic N) is 1. The summed E-state index contributed by atoms with van der Waals surface area (Å²) in [7, 11) is 0. The molecule has 0 heterocycles. The molecular weight excluding hydrogens is 919 g/mol. The highest BCUT2D eigenvalue weighted by atomic mass is 32.2. The van der Waals surface area contributed by atoms with E-state index in [1.165, 1.54) is 6.92 Å². The predicted molar refractivity (Wildman–Crippen MR) is 267 cm³/mol. The van der Waals surface area contributed by atoms with Crippen LogP contribution >= 0.6 is 11.8 Å². The molecule has 2 aliphatic carbocycles. The van der Waals surface area contributed by atoms with Crippen molar-refractivity contribution in [2.24, 2.45) is 23.7 Å². The number of hydrogen-bond donors (Lipinski definition) is 4. The van der Waals surface area contributed by atoms with Crippen molar-refractivity contribution in [2.75, 3.05) is 77.3 Å². The predicted octanol–water partition coefficient (Wildman–Crippen LogP) is 8.84. The van der Waals surface area contributed by atoms with Crippen LogP contribution in [-0.2, 0) is 33.2 Å². The van der Waals surface area contributed by atoms with Gasteiger partial charge in [0.1, 0.15) is 50.6 Å². The number of alkyl carbamates (subject to hydrolysis) is 4. The maximum absolute atomic E-state index is 13.2. The first-order valence-corrected chi connectivity index (χ1v) is 25.2. The fourth-order valence-electron chi connectivity index (χ4n) is 7.95. The van der Waals surface area contributed by atoms with Crippen LogP contribution in [0.2, 0.25) is 0 Å². The number of allylic oxidation sites excluding steroid dienone is 1. The third kappa shape index (κ3) is 22.8. The summed E-state index contributed by atoms with van der Waals surface area (Å²) in [5.41, 5.74) is 3.61. The summed E-state index contributed by atoms with van der Waals surface area (Å²) in [6.07, 6.45) is 4.93. The Bertz CT molecular complexity index is 2060. The van der Waals surface area contributed by atoms with Crippen LogP contribution in [0.25, 0.3) is 11.1 Å². The standard InChI is InChI=1S/C52H71N5O12S/c1-36(2)38(5)63-22-24-66-49(59)54-30-40-9-6-11-42(27-40)32-56-51(61)68-34-47(35-70-26-8-21-64-46-19-17-45(18-20-46)44-15-13-39(29-53)14-16-44)69-52(62)57-33-43-12-7-10-41(28-43)31-55-50(60)67-25-23-65-48(58)37(3)4/h13-20,40-43,47H,1,3,5-12,21-28,30-35H2,2,4H3,(H,54,59)(H,55,60)(H,56,61)(H,57,62). The molecule has 2 aliphatic rings. The van der Waals surface area contributed by atoms with Crippen molar-refractivity contribution < 1.29 is 57.1 Å². The van der Waals surface area contributed by atoms with E-state index in [-0.39, 0.29) is 62.3 Å². The number of benzene rings is 2. The molecule has 70 heavy (non-hydrogen) atoms. The summed E-state index contributed by atoms with van der Waals surface area (Å²) in [6, 6.07) is 17.3. The van der Waals surface area contributed by atoms with Crippen LogP contribution in [0.15, 0.2) is 85.2 Å². The highest BCUT2D eigenvalue weighted by Gasteiger charge is 2.26. The third-order valence-electron chi connectivity index (χ3n) is 11.8. The van der Waals surface area contributed by atoms with Crippen molar-refractivity contribution in [1.29, 1.82) is 5.26 Å². The number of thioether (sulfide) groups is 1. The van der Waals surface area contributed by atoms with Crippen LogP contribution in [-0.4, -0.2) is 114 Å². The van der Waals surface area contributed by atoms with E-state index in [1.54, 1.807) is 30.8 Å². The first-order chi connectivity index (χ1) is 33.8. The van der Waals surface area contributed by atoms with Gasteiger partial charge in [-0.25, -0.2) is 24.0 Å². The maximum atomic E-state index is 13.2. The van der Waals surface area contributed by atoms with Gasteiger partial charge >= 0.3 is 30.3 Å². The smallest absolute Gasteiger partial charge is 0.407 e. The maximum Gasteiger partial charge on any atom is 0.407 e. The number of esters is 1. The molecule has 382 valence electrons. The molecule has 0 radical (unpaired) electrons. The number of amides is 4. The SMILES string of the molecule is C=C(C)C(=C)OCCOC(=O)NCC1CCCC(CNC(=O)OCC(CSCCCOc2ccc(-c3ccc(C#N)cc3)cc2)OC(=O)NCC2CCCC(CNC(=O)OCCOC(=O)C(=C)C)C2)C1. The Morgan fingerprint density at radius 3 is 1.60 bits per heavy atom. The minimum atomic E-state index is -0.716. The van der Waals surface area contributed by atoms with E-state index in [4.69, 9.17) is 38.4 Å². The minimum Gasteiger partial charge on any atom is -0.494 e. The van der Waals surface area contributed by atoms with E-state index in [0.29, 0.717) is 61.2 Å². The summed E-state index contributed by atoms with van der Waals surface area (Å²) in [4.78, 5) is 62.0. The molecule has 4 amide bonds. The Morgan fingerprint density at radius 2 is 1.10 bits per heavy atom. The van der Waals surface area contributed by atoms with Gasteiger partial charge in [-0.2, -0.15) is 17.0 Å². The van der Waals surface area contributed by atoms with Gasteiger partial charge in [0.05, 0.1) is 18.2 Å². The normalized spacial score (nSPS) is 17.7. The van der Waals surface area contributed by atoms with Crippen LogP contribution in [0.4, 0.5) is 19.2 Å². The van der Waals surface area contributed by atoms with Gasteiger partial charge in [0, 0.05) is 37.5 Å². The molecule has 5 unspecified atom stereocenters. The van der Waals surface area contributed by atoms with Gasteiger partial charge in [-0.15, -0.1) is 0 Å². The second-order valence-corrected chi connectivity index (χ2v) is 18.8. The van der Waals surface area contributed by atoms with Gasteiger partial charge in [0.25, 0.3) is 0 Å². The van der Waals surface area contributed by atoms with Crippen molar-refractivity contribution >= 4 is 42.1 Å². The molecule has 0 spiro atoms. The lowest BCUT2D eigenvalue weighted by Gasteiger charge is -2.29. The summed E-state index contributed by atoms with van der Waals surface area (Å²) in [6.45, 7) is 16.5. The lowest BCUT2D eigenvalue weighted by Crippen LogP contribution is -2.39. The monoisotopic (exact) mass is 989 g/mol. The number of carbonyl (C=O) groups excluding carboxylic acids is 5. The zero-order valence-corrected chi connectivity index (χ0v) is 41.5. The van der Waals surface area contributed by atoms with Gasteiger partial charge in [-0.3, -0.25) is 0 Å². The summed E-state index contributed by atoms with van der Waals surface area (Å²) in [5.74, 6) is 2.56. The van der Waals surface area contributed by atoms with Gasteiger partial charge in [-0.1, -0.05) is 56.8 Å². The van der Waals surface area contributed by atoms with Gasteiger partial charge in [0.2, 0.25) is 0 Å². The highest BCUT2D eigenvalue weighted by molar-refractivity contribution is 7.99. The van der Waals surface area contributed by atoms with E-state index in [0.717, 1.165) is 74.7 Å². The quantitative estimate of drug-likeness (QED) is 0.0156. The Labute approximate surface area is 416 Å². The molecular formula is C52H71N5O12S. The first-order valence-electron chi connectivity index (χ1n) is 24.1. The Kier molecular flexibility index (Phi) is 25.5. The Hall–Kier alpha value is -6.35. The van der Waals surface area contributed by atoms with Crippen LogP contribution in [0.5, 0.6) is 5.75 Å². The molecule has 5 atom stereocenters.